The minimum Gasteiger partial charge on any atom is -0.313 e. The van der Waals surface area contributed by atoms with Crippen LogP contribution >= 0.6 is 38.9 Å². The standard InChI is InChI=1S/C16H17BrClNS/c17-16-8-7-15(20-16)9-12(10-19-14-5-6-14)11-1-3-13(18)4-2-11/h1-4,7-8,12,14,19H,5-6,9-10H2. The fourth-order valence-electron chi connectivity index (χ4n) is 2.34. The van der Waals surface area contributed by atoms with Gasteiger partial charge in [0, 0.05) is 28.4 Å². The second kappa shape index (κ2) is 6.61. The van der Waals surface area contributed by atoms with Gasteiger partial charge in [-0.05, 0) is 65.0 Å². The molecule has 1 N–H and O–H groups in total. The van der Waals surface area contributed by atoms with E-state index in [2.05, 4.69) is 45.5 Å². The summed E-state index contributed by atoms with van der Waals surface area (Å²) in [4.78, 5) is 1.43. The Kier molecular flexibility index (Phi) is 4.82. The van der Waals surface area contributed by atoms with E-state index in [0.29, 0.717) is 5.92 Å². The minimum absolute atomic E-state index is 0.512. The molecular formula is C16H17BrClNS. The van der Waals surface area contributed by atoms with Gasteiger partial charge in [0.2, 0.25) is 0 Å². The normalized spacial score (nSPS) is 16.3. The van der Waals surface area contributed by atoms with Gasteiger partial charge < -0.3 is 5.32 Å². The predicted octanol–water partition coefficient (Wildman–Crippen LogP) is 5.24. The molecule has 1 fully saturated rings. The minimum atomic E-state index is 0.512. The van der Waals surface area contributed by atoms with E-state index >= 15 is 0 Å². The highest BCUT2D eigenvalue weighted by molar-refractivity contribution is 9.11. The molecule has 106 valence electrons. The van der Waals surface area contributed by atoms with Crippen LogP contribution in [0.2, 0.25) is 5.02 Å². The van der Waals surface area contributed by atoms with Crippen molar-refractivity contribution in [3.8, 4) is 0 Å². The second-order valence-electron chi connectivity index (χ2n) is 5.34. The van der Waals surface area contributed by atoms with Crippen LogP contribution in [0.5, 0.6) is 0 Å². The zero-order valence-electron chi connectivity index (χ0n) is 11.1. The van der Waals surface area contributed by atoms with Gasteiger partial charge in [0.05, 0.1) is 3.79 Å². The van der Waals surface area contributed by atoms with Crippen LogP contribution in [0.1, 0.15) is 29.2 Å². The summed E-state index contributed by atoms with van der Waals surface area (Å²) in [7, 11) is 0. The van der Waals surface area contributed by atoms with Gasteiger partial charge in [-0.1, -0.05) is 23.7 Å². The van der Waals surface area contributed by atoms with E-state index in [9.17, 15) is 0 Å². The summed E-state index contributed by atoms with van der Waals surface area (Å²) in [6, 6.07) is 13.4. The van der Waals surface area contributed by atoms with Gasteiger partial charge in [0.15, 0.2) is 0 Å². The fraction of sp³-hybridized carbons (Fsp3) is 0.375. The summed E-state index contributed by atoms with van der Waals surface area (Å²) in [5.41, 5.74) is 1.37. The summed E-state index contributed by atoms with van der Waals surface area (Å²) >= 11 is 11.4. The van der Waals surface area contributed by atoms with Crippen LogP contribution in [0.3, 0.4) is 0 Å². The molecular weight excluding hydrogens is 354 g/mol. The Hall–Kier alpha value is -0.350. The van der Waals surface area contributed by atoms with Crippen molar-refractivity contribution in [2.45, 2.75) is 31.2 Å². The maximum absolute atomic E-state index is 6.00. The molecule has 4 heteroatoms. The number of hydrogen-bond donors (Lipinski definition) is 1. The number of hydrogen-bond acceptors (Lipinski definition) is 2. The Morgan fingerprint density at radius 2 is 1.95 bits per heavy atom. The van der Waals surface area contributed by atoms with Gasteiger partial charge in [-0.25, -0.2) is 0 Å². The smallest absolute Gasteiger partial charge is 0.0701 e. The average molecular weight is 371 g/mol. The van der Waals surface area contributed by atoms with E-state index in [4.69, 9.17) is 11.6 Å². The topological polar surface area (TPSA) is 12.0 Å². The molecule has 1 aliphatic carbocycles. The molecule has 0 spiro atoms. The molecule has 20 heavy (non-hydrogen) atoms. The van der Waals surface area contributed by atoms with Crippen LogP contribution in [-0.4, -0.2) is 12.6 Å². The maximum Gasteiger partial charge on any atom is 0.0701 e. The van der Waals surface area contributed by atoms with E-state index in [1.54, 1.807) is 0 Å². The first kappa shape index (κ1) is 14.6. The Labute approximate surface area is 137 Å². The van der Waals surface area contributed by atoms with Crippen LogP contribution < -0.4 is 5.32 Å². The molecule has 1 unspecified atom stereocenters. The lowest BCUT2D eigenvalue weighted by Crippen LogP contribution is -2.24. The van der Waals surface area contributed by atoms with Crippen LogP contribution in [0, 0.1) is 0 Å². The van der Waals surface area contributed by atoms with Gasteiger partial charge >= 0.3 is 0 Å². The third-order valence-corrected chi connectivity index (χ3v) is 5.55. The second-order valence-corrected chi connectivity index (χ2v) is 8.32. The largest absolute Gasteiger partial charge is 0.313 e. The molecule has 2 aromatic rings. The van der Waals surface area contributed by atoms with E-state index in [-0.39, 0.29) is 0 Å². The summed E-state index contributed by atoms with van der Waals surface area (Å²) in [6.07, 6.45) is 3.74. The van der Waals surface area contributed by atoms with Crippen LogP contribution in [-0.2, 0) is 6.42 Å². The first-order chi connectivity index (χ1) is 9.70. The lowest BCUT2D eigenvalue weighted by atomic mass is 9.95. The van der Waals surface area contributed by atoms with Crippen molar-refractivity contribution < 1.29 is 0 Å². The van der Waals surface area contributed by atoms with Crippen molar-refractivity contribution in [1.29, 1.82) is 0 Å². The fourth-order valence-corrected chi connectivity index (χ4v) is 4.03. The molecule has 0 bridgehead atoms. The van der Waals surface area contributed by atoms with E-state index < -0.39 is 0 Å². The zero-order chi connectivity index (χ0) is 13.9. The zero-order valence-corrected chi connectivity index (χ0v) is 14.3. The van der Waals surface area contributed by atoms with Crippen LogP contribution in [0.4, 0.5) is 0 Å². The van der Waals surface area contributed by atoms with E-state index in [1.807, 2.05) is 23.5 Å². The molecule has 0 saturated heterocycles. The maximum atomic E-state index is 6.00. The lowest BCUT2D eigenvalue weighted by molar-refractivity contribution is 0.580. The summed E-state index contributed by atoms with van der Waals surface area (Å²) in [5.74, 6) is 0.512. The molecule has 1 atom stereocenters. The molecule has 1 aliphatic rings. The molecule has 1 aromatic carbocycles. The lowest BCUT2D eigenvalue weighted by Gasteiger charge is -2.17. The molecule has 1 saturated carbocycles. The first-order valence-corrected chi connectivity index (χ1v) is 8.92. The molecule has 0 radical (unpaired) electrons. The summed E-state index contributed by atoms with van der Waals surface area (Å²) < 4.78 is 1.21. The van der Waals surface area contributed by atoms with Crippen molar-refractivity contribution in [3.63, 3.8) is 0 Å². The molecule has 1 nitrogen and oxygen atoms in total. The van der Waals surface area contributed by atoms with Gasteiger partial charge in [0.25, 0.3) is 0 Å². The number of thiophene rings is 1. The Morgan fingerprint density at radius 3 is 2.55 bits per heavy atom. The number of nitrogens with one attached hydrogen (secondary N) is 1. The Balaban J connectivity index is 1.73. The molecule has 0 amide bonds. The van der Waals surface area contributed by atoms with Gasteiger partial charge in [-0.3, -0.25) is 0 Å². The highest BCUT2D eigenvalue weighted by Gasteiger charge is 2.22. The predicted molar refractivity (Wildman–Crippen MR) is 90.9 cm³/mol. The number of rotatable bonds is 6. The van der Waals surface area contributed by atoms with E-state index in [0.717, 1.165) is 24.0 Å². The molecule has 1 aromatic heterocycles. The molecule has 1 heterocycles. The third-order valence-electron chi connectivity index (χ3n) is 3.65. The van der Waals surface area contributed by atoms with Crippen molar-refractivity contribution in [1.82, 2.24) is 5.32 Å². The van der Waals surface area contributed by atoms with Gasteiger partial charge in [0.1, 0.15) is 0 Å². The highest BCUT2D eigenvalue weighted by Crippen LogP contribution is 2.29. The van der Waals surface area contributed by atoms with E-state index in [1.165, 1.54) is 27.1 Å². The average Bonchev–Trinajstić information content (AvgIpc) is 3.18. The number of benzene rings is 1. The first-order valence-electron chi connectivity index (χ1n) is 6.94. The van der Waals surface area contributed by atoms with Gasteiger partial charge in [-0.15, -0.1) is 11.3 Å². The summed E-state index contributed by atoms with van der Waals surface area (Å²) in [5, 5.41) is 4.46. The Morgan fingerprint density at radius 1 is 1.20 bits per heavy atom. The van der Waals surface area contributed by atoms with Crippen molar-refractivity contribution in [3.05, 3.63) is 55.6 Å². The SMILES string of the molecule is Clc1ccc(C(CNC2CC2)Cc2ccc(Br)s2)cc1. The molecule has 0 aliphatic heterocycles. The molecule has 3 rings (SSSR count). The van der Waals surface area contributed by atoms with Crippen LogP contribution in [0.15, 0.2) is 40.2 Å². The van der Waals surface area contributed by atoms with Crippen molar-refractivity contribution in [2.24, 2.45) is 0 Å². The Bertz CT molecular complexity index is 562. The summed E-state index contributed by atoms with van der Waals surface area (Å²) in [6.45, 7) is 1.04. The van der Waals surface area contributed by atoms with Crippen molar-refractivity contribution in [2.75, 3.05) is 6.54 Å². The van der Waals surface area contributed by atoms with Crippen molar-refractivity contribution >= 4 is 38.9 Å². The monoisotopic (exact) mass is 369 g/mol. The number of halogens is 2. The van der Waals surface area contributed by atoms with Crippen LogP contribution in [0.25, 0.3) is 0 Å². The highest BCUT2D eigenvalue weighted by atomic mass is 79.9. The van der Waals surface area contributed by atoms with Gasteiger partial charge in [-0.2, -0.15) is 0 Å². The quantitative estimate of drug-likeness (QED) is 0.733. The third kappa shape index (κ3) is 4.08.